The summed E-state index contributed by atoms with van der Waals surface area (Å²) in [7, 11) is 0. The quantitative estimate of drug-likeness (QED) is 0.706. The first-order valence-corrected chi connectivity index (χ1v) is 7.26. The van der Waals surface area contributed by atoms with Gasteiger partial charge in [-0.25, -0.2) is 0 Å². The van der Waals surface area contributed by atoms with E-state index in [2.05, 4.69) is 0 Å². The van der Waals surface area contributed by atoms with Crippen molar-refractivity contribution in [2.75, 3.05) is 26.3 Å². The van der Waals surface area contributed by atoms with Crippen LogP contribution in [0.1, 0.15) is 31.7 Å². The number of aliphatic hydroxyl groups is 1. The maximum Gasteiger partial charge on any atom is 0.222 e. The minimum Gasteiger partial charge on any atom is -0.493 e. The average molecular weight is 279 g/mol. The SMILES string of the molecule is CCN(CCCO)C(=O)CCCOc1ccccc1C. The van der Waals surface area contributed by atoms with E-state index in [4.69, 9.17) is 9.84 Å². The molecule has 0 atom stereocenters. The molecule has 0 unspecified atom stereocenters. The van der Waals surface area contributed by atoms with E-state index >= 15 is 0 Å². The summed E-state index contributed by atoms with van der Waals surface area (Å²) < 4.78 is 5.67. The highest BCUT2D eigenvalue weighted by Crippen LogP contribution is 2.16. The largest absolute Gasteiger partial charge is 0.493 e. The smallest absolute Gasteiger partial charge is 0.222 e. The number of para-hydroxylation sites is 1. The number of benzene rings is 1. The highest BCUT2D eigenvalue weighted by atomic mass is 16.5. The number of aryl methyl sites for hydroxylation is 1. The standard InChI is InChI=1S/C16H25NO3/c1-3-17(11-7-12-18)16(19)10-6-13-20-15-9-5-4-8-14(15)2/h4-5,8-9,18H,3,6-7,10-13H2,1-2H3. The summed E-state index contributed by atoms with van der Waals surface area (Å²) in [6.07, 6.45) is 1.84. The molecule has 0 aliphatic carbocycles. The third-order valence-electron chi connectivity index (χ3n) is 3.21. The van der Waals surface area contributed by atoms with E-state index in [-0.39, 0.29) is 12.5 Å². The van der Waals surface area contributed by atoms with Gasteiger partial charge in [-0.05, 0) is 38.3 Å². The van der Waals surface area contributed by atoms with Gasteiger partial charge in [-0.2, -0.15) is 0 Å². The van der Waals surface area contributed by atoms with Gasteiger partial charge in [-0.1, -0.05) is 18.2 Å². The average Bonchev–Trinajstić information content (AvgIpc) is 2.46. The van der Waals surface area contributed by atoms with E-state index in [9.17, 15) is 4.79 Å². The van der Waals surface area contributed by atoms with Crippen molar-refractivity contribution < 1.29 is 14.6 Å². The third kappa shape index (κ3) is 5.61. The Kier molecular flexibility index (Phi) is 7.73. The van der Waals surface area contributed by atoms with E-state index in [1.54, 1.807) is 4.90 Å². The summed E-state index contributed by atoms with van der Waals surface area (Å²) in [5.41, 5.74) is 1.11. The maximum absolute atomic E-state index is 11.9. The van der Waals surface area contributed by atoms with Crippen LogP contribution in [0.3, 0.4) is 0 Å². The Bertz CT molecular complexity index is 406. The minimum absolute atomic E-state index is 0.125. The van der Waals surface area contributed by atoms with Crippen LogP contribution in [0.5, 0.6) is 5.75 Å². The molecule has 0 radical (unpaired) electrons. The van der Waals surface area contributed by atoms with Gasteiger partial charge in [0.15, 0.2) is 0 Å². The van der Waals surface area contributed by atoms with Gasteiger partial charge >= 0.3 is 0 Å². The summed E-state index contributed by atoms with van der Waals surface area (Å²) in [6.45, 7) is 5.96. The predicted molar refractivity (Wildman–Crippen MR) is 79.9 cm³/mol. The van der Waals surface area contributed by atoms with Gasteiger partial charge in [0, 0.05) is 26.1 Å². The van der Waals surface area contributed by atoms with Gasteiger partial charge in [0.25, 0.3) is 0 Å². The normalized spacial score (nSPS) is 10.3. The molecule has 0 fully saturated rings. The fourth-order valence-electron chi connectivity index (χ4n) is 2.00. The zero-order valence-corrected chi connectivity index (χ0v) is 12.5. The summed E-state index contributed by atoms with van der Waals surface area (Å²) in [5.74, 6) is 1.02. The summed E-state index contributed by atoms with van der Waals surface area (Å²) >= 11 is 0. The lowest BCUT2D eigenvalue weighted by molar-refractivity contribution is -0.131. The Morgan fingerprint density at radius 1 is 1.30 bits per heavy atom. The molecule has 20 heavy (non-hydrogen) atoms. The van der Waals surface area contributed by atoms with Crippen molar-refractivity contribution in [3.63, 3.8) is 0 Å². The van der Waals surface area contributed by atoms with E-state index in [1.165, 1.54) is 0 Å². The second-order valence-electron chi connectivity index (χ2n) is 4.77. The number of carbonyl (C=O) groups is 1. The lowest BCUT2D eigenvalue weighted by Crippen LogP contribution is -2.32. The zero-order valence-electron chi connectivity index (χ0n) is 12.5. The Hall–Kier alpha value is -1.55. The highest BCUT2D eigenvalue weighted by Gasteiger charge is 2.10. The molecule has 1 aromatic rings. The summed E-state index contributed by atoms with van der Waals surface area (Å²) in [6, 6.07) is 7.87. The number of ether oxygens (including phenoxy) is 1. The van der Waals surface area contributed by atoms with Crippen LogP contribution in [0.25, 0.3) is 0 Å². The van der Waals surface area contributed by atoms with Gasteiger partial charge < -0.3 is 14.7 Å². The molecular weight excluding hydrogens is 254 g/mol. The maximum atomic E-state index is 11.9. The molecule has 0 aliphatic heterocycles. The van der Waals surface area contributed by atoms with Gasteiger partial charge in [0.1, 0.15) is 5.75 Å². The van der Waals surface area contributed by atoms with E-state index in [1.807, 2.05) is 38.1 Å². The van der Waals surface area contributed by atoms with E-state index in [0.717, 1.165) is 11.3 Å². The van der Waals surface area contributed by atoms with E-state index in [0.29, 0.717) is 39.0 Å². The molecule has 1 N–H and O–H groups in total. The molecule has 1 amide bonds. The fourth-order valence-corrected chi connectivity index (χ4v) is 2.00. The molecule has 0 bridgehead atoms. The monoisotopic (exact) mass is 279 g/mol. The highest BCUT2D eigenvalue weighted by molar-refractivity contribution is 5.76. The van der Waals surface area contributed by atoms with Crippen LogP contribution >= 0.6 is 0 Å². The van der Waals surface area contributed by atoms with Gasteiger partial charge in [-0.15, -0.1) is 0 Å². The van der Waals surface area contributed by atoms with Crippen molar-refractivity contribution in [1.29, 1.82) is 0 Å². The van der Waals surface area contributed by atoms with Crippen molar-refractivity contribution >= 4 is 5.91 Å². The van der Waals surface area contributed by atoms with Gasteiger partial charge in [0.05, 0.1) is 6.61 Å². The van der Waals surface area contributed by atoms with Crippen molar-refractivity contribution in [2.24, 2.45) is 0 Å². The first-order valence-electron chi connectivity index (χ1n) is 7.26. The molecule has 4 nitrogen and oxygen atoms in total. The number of aliphatic hydroxyl groups excluding tert-OH is 1. The number of rotatable bonds is 9. The Labute approximate surface area is 121 Å². The topological polar surface area (TPSA) is 49.8 Å². The number of carbonyl (C=O) groups excluding carboxylic acids is 1. The molecule has 0 aliphatic rings. The van der Waals surface area contributed by atoms with Gasteiger partial charge in [0.2, 0.25) is 5.91 Å². The number of hydrogen-bond donors (Lipinski definition) is 1. The van der Waals surface area contributed by atoms with Crippen molar-refractivity contribution in [3.8, 4) is 5.75 Å². The molecule has 0 heterocycles. The van der Waals surface area contributed by atoms with Crippen LogP contribution in [0, 0.1) is 6.92 Å². The van der Waals surface area contributed by atoms with Crippen molar-refractivity contribution in [1.82, 2.24) is 4.90 Å². The zero-order chi connectivity index (χ0) is 14.8. The van der Waals surface area contributed by atoms with Crippen LogP contribution in [0.4, 0.5) is 0 Å². The summed E-state index contributed by atoms with van der Waals surface area (Å²) in [4.78, 5) is 13.7. The number of amides is 1. The molecule has 1 rings (SSSR count). The predicted octanol–water partition coefficient (Wildman–Crippen LogP) is 2.38. The molecular formula is C16H25NO3. The minimum atomic E-state index is 0.125. The lowest BCUT2D eigenvalue weighted by Gasteiger charge is -2.20. The second-order valence-corrected chi connectivity index (χ2v) is 4.77. The lowest BCUT2D eigenvalue weighted by atomic mass is 10.2. The third-order valence-corrected chi connectivity index (χ3v) is 3.21. The Balaban J connectivity index is 2.26. The van der Waals surface area contributed by atoms with Crippen LogP contribution in [0.15, 0.2) is 24.3 Å². The number of hydrogen-bond acceptors (Lipinski definition) is 3. The Morgan fingerprint density at radius 3 is 2.70 bits per heavy atom. The first kappa shape index (κ1) is 16.5. The van der Waals surface area contributed by atoms with Crippen LogP contribution in [0.2, 0.25) is 0 Å². The van der Waals surface area contributed by atoms with Crippen molar-refractivity contribution in [2.45, 2.75) is 33.1 Å². The number of nitrogens with zero attached hydrogens (tertiary/aromatic N) is 1. The molecule has 0 saturated carbocycles. The Morgan fingerprint density at radius 2 is 2.05 bits per heavy atom. The second kappa shape index (κ2) is 9.37. The molecule has 0 aromatic heterocycles. The molecule has 4 heteroatoms. The molecule has 0 saturated heterocycles. The molecule has 1 aromatic carbocycles. The van der Waals surface area contributed by atoms with E-state index < -0.39 is 0 Å². The van der Waals surface area contributed by atoms with Crippen LogP contribution < -0.4 is 4.74 Å². The van der Waals surface area contributed by atoms with Gasteiger partial charge in [-0.3, -0.25) is 4.79 Å². The first-order chi connectivity index (χ1) is 9.69. The van der Waals surface area contributed by atoms with Crippen LogP contribution in [-0.4, -0.2) is 42.2 Å². The van der Waals surface area contributed by atoms with Crippen LogP contribution in [-0.2, 0) is 4.79 Å². The fraction of sp³-hybridized carbons (Fsp3) is 0.562. The summed E-state index contributed by atoms with van der Waals surface area (Å²) in [5, 5.41) is 8.80. The van der Waals surface area contributed by atoms with Crippen molar-refractivity contribution in [3.05, 3.63) is 29.8 Å². The molecule has 112 valence electrons. The molecule has 0 spiro atoms.